The smallest absolute Gasteiger partial charge is 0.406 e. The molecule has 3 aromatic rings. The molecule has 0 saturated carbocycles. The van der Waals surface area contributed by atoms with Crippen molar-refractivity contribution in [1.82, 2.24) is 20.7 Å². The summed E-state index contributed by atoms with van der Waals surface area (Å²) in [5.74, 6) is -2.50. The van der Waals surface area contributed by atoms with Gasteiger partial charge in [0.15, 0.2) is 11.1 Å². The van der Waals surface area contributed by atoms with Crippen LogP contribution in [0.5, 0.6) is 5.75 Å². The van der Waals surface area contributed by atoms with Crippen LogP contribution in [0.4, 0.5) is 13.2 Å². The molecule has 0 aliphatic carbocycles. The molecule has 35 heavy (non-hydrogen) atoms. The number of methoxy groups -OCH3 is 1. The predicted octanol–water partition coefficient (Wildman–Crippen LogP) is 2.66. The van der Waals surface area contributed by atoms with Gasteiger partial charge in [0.1, 0.15) is 23.5 Å². The van der Waals surface area contributed by atoms with E-state index in [1.807, 2.05) is 0 Å². The summed E-state index contributed by atoms with van der Waals surface area (Å²) >= 11 is 0. The van der Waals surface area contributed by atoms with E-state index in [-0.39, 0.29) is 33.9 Å². The maximum atomic E-state index is 14.0. The summed E-state index contributed by atoms with van der Waals surface area (Å²) in [5, 5.41) is 3.96. The first-order valence-corrected chi connectivity index (χ1v) is 10.6. The highest BCUT2D eigenvalue weighted by Crippen LogP contribution is 2.42. The fourth-order valence-electron chi connectivity index (χ4n) is 4.55. The van der Waals surface area contributed by atoms with Crippen molar-refractivity contribution < 1.29 is 31.9 Å². The lowest BCUT2D eigenvalue weighted by Crippen LogP contribution is -2.54. The number of fused-ring (bicyclic) bond motifs is 2. The van der Waals surface area contributed by atoms with Crippen LogP contribution in [-0.2, 0) is 4.79 Å². The minimum absolute atomic E-state index is 0.0535. The van der Waals surface area contributed by atoms with Crippen LogP contribution in [-0.4, -0.2) is 47.3 Å². The number of nitrogens with two attached hydrogens (primary N) is 1. The van der Waals surface area contributed by atoms with Crippen LogP contribution in [0, 0.1) is 0 Å². The molecule has 0 spiro atoms. The number of amides is 2. The third-order valence-electron chi connectivity index (χ3n) is 6.14. The van der Waals surface area contributed by atoms with E-state index in [9.17, 15) is 22.8 Å². The van der Waals surface area contributed by atoms with E-state index in [2.05, 4.69) is 15.7 Å². The lowest BCUT2D eigenvalue weighted by Gasteiger charge is -2.34. The SMILES string of the molecule is COc1cc(C(N)=O)cc2oc(C3=C(C)NC4C(c5ccccc5)C(C(F)(F)F)NN4C3=O)nc12. The van der Waals surface area contributed by atoms with Crippen molar-refractivity contribution in [3.05, 3.63) is 65.2 Å². The van der Waals surface area contributed by atoms with Crippen molar-refractivity contribution in [1.29, 1.82) is 0 Å². The number of primary amides is 1. The van der Waals surface area contributed by atoms with E-state index in [1.165, 1.54) is 19.2 Å². The molecular weight excluding hydrogens is 467 g/mol. The number of hydrogen-bond donors (Lipinski definition) is 3. The Bertz CT molecular complexity index is 1370. The number of aromatic nitrogens is 1. The Balaban J connectivity index is 1.59. The van der Waals surface area contributed by atoms with Gasteiger partial charge in [0.2, 0.25) is 11.8 Å². The molecule has 2 aliphatic heterocycles. The van der Waals surface area contributed by atoms with Gasteiger partial charge in [-0.05, 0) is 24.6 Å². The van der Waals surface area contributed by atoms with Crippen LogP contribution in [0.15, 0.2) is 52.6 Å². The Labute approximate surface area is 196 Å². The third-order valence-corrected chi connectivity index (χ3v) is 6.14. The molecule has 1 aromatic heterocycles. The number of ether oxygens (including phenoxy) is 1. The van der Waals surface area contributed by atoms with Gasteiger partial charge in [0, 0.05) is 11.3 Å². The molecule has 0 radical (unpaired) electrons. The van der Waals surface area contributed by atoms with E-state index in [0.717, 1.165) is 5.01 Å². The first-order chi connectivity index (χ1) is 16.6. The number of hydrogen-bond acceptors (Lipinski definition) is 7. The number of halogens is 3. The second kappa shape index (κ2) is 8.01. The monoisotopic (exact) mass is 487 g/mol. The number of benzene rings is 2. The summed E-state index contributed by atoms with van der Waals surface area (Å²) in [4.78, 5) is 29.4. The van der Waals surface area contributed by atoms with Crippen molar-refractivity contribution >= 4 is 28.5 Å². The summed E-state index contributed by atoms with van der Waals surface area (Å²) in [6, 6.07) is 8.94. The largest absolute Gasteiger partial charge is 0.494 e. The Morgan fingerprint density at radius 1 is 1.23 bits per heavy atom. The van der Waals surface area contributed by atoms with Crippen molar-refractivity contribution in [2.24, 2.45) is 5.73 Å². The molecule has 3 heterocycles. The van der Waals surface area contributed by atoms with Crippen molar-refractivity contribution in [2.45, 2.75) is 31.2 Å². The number of oxazole rings is 1. The van der Waals surface area contributed by atoms with E-state index in [4.69, 9.17) is 14.9 Å². The van der Waals surface area contributed by atoms with Crippen molar-refractivity contribution in [2.75, 3.05) is 7.11 Å². The van der Waals surface area contributed by atoms with Gasteiger partial charge in [-0.2, -0.15) is 13.2 Å². The van der Waals surface area contributed by atoms with Gasteiger partial charge in [-0.15, -0.1) is 0 Å². The number of hydrazine groups is 1. The predicted molar refractivity (Wildman–Crippen MR) is 118 cm³/mol. The van der Waals surface area contributed by atoms with E-state index >= 15 is 0 Å². The fraction of sp³-hybridized carbons (Fsp3) is 0.261. The summed E-state index contributed by atoms with van der Waals surface area (Å²) in [5.41, 5.74) is 8.83. The van der Waals surface area contributed by atoms with Gasteiger partial charge in [0.05, 0.1) is 13.0 Å². The molecule has 3 atom stereocenters. The normalized spacial score (nSPS) is 22.4. The van der Waals surface area contributed by atoms with Crippen molar-refractivity contribution in [3.8, 4) is 5.75 Å². The van der Waals surface area contributed by atoms with Crippen LogP contribution in [0.1, 0.15) is 34.7 Å². The molecule has 2 aliphatic rings. The minimum atomic E-state index is -4.62. The third kappa shape index (κ3) is 3.66. The van der Waals surface area contributed by atoms with E-state index in [1.54, 1.807) is 37.3 Å². The number of allylic oxidation sites excluding steroid dienone is 1. The second-order valence-corrected chi connectivity index (χ2v) is 8.26. The standard InChI is InChI=1S/C23H20F3N5O4/c1-10-15(21-29-17-13(34-2)8-12(19(27)32)9-14(17)35-21)22(33)31-20(28-10)16(11-6-4-3-5-7-11)18(30-31)23(24,25)26/h3-9,16,18,20,28,30H,1-2H3,(H2,27,32). The average molecular weight is 487 g/mol. The van der Waals surface area contributed by atoms with Crippen molar-refractivity contribution in [3.63, 3.8) is 0 Å². The molecule has 9 nitrogen and oxygen atoms in total. The van der Waals surface area contributed by atoms with Gasteiger partial charge >= 0.3 is 6.18 Å². The highest BCUT2D eigenvalue weighted by Gasteiger charge is 2.58. The Morgan fingerprint density at radius 2 is 1.94 bits per heavy atom. The lowest BCUT2D eigenvalue weighted by molar-refractivity contribution is -0.161. The zero-order chi connectivity index (χ0) is 25.1. The zero-order valence-electron chi connectivity index (χ0n) is 18.5. The minimum Gasteiger partial charge on any atom is -0.494 e. The first kappa shape index (κ1) is 22.7. The molecule has 4 N–H and O–H groups in total. The molecule has 1 saturated heterocycles. The number of rotatable bonds is 4. The highest BCUT2D eigenvalue weighted by molar-refractivity contribution is 6.20. The first-order valence-electron chi connectivity index (χ1n) is 10.6. The van der Waals surface area contributed by atoms with Crippen LogP contribution >= 0.6 is 0 Å². The zero-order valence-corrected chi connectivity index (χ0v) is 18.5. The number of alkyl halides is 3. The van der Waals surface area contributed by atoms with Gasteiger partial charge in [-0.25, -0.2) is 15.4 Å². The van der Waals surface area contributed by atoms with Gasteiger partial charge in [-0.3, -0.25) is 9.59 Å². The van der Waals surface area contributed by atoms with Gasteiger partial charge < -0.3 is 20.2 Å². The van der Waals surface area contributed by atoms with Crippen LogP contribution in [0.25, 0.3) is 16.7 Å². The van der Waals surface area contributed by atoms with Crippen LogP contribution < -0.4 is 21.2 Å². The number of nitrogens with zero attached hydrogens (tertiary/aromatic N) is 2. The molecule has 3 unspecified atom stereocenters. The summed E-state index contributed by atoms with van der Waals surface area (Å²) in [7, 11) is 1.37. The van der Waals surface area contributed by atoms with E-state index in [0.29, 0.717) is 11.3 Å². The highest BCUT2D eigenvalue weighted by atomic mass is 19.4. The van der Waals surface area contributed by atoms with E-state index < -0.39 is 36.1 Å². The lowest BCUT2D eigenvalue weighted by atomic mass is 9.89. The Hall–Kier alpha value is -4.06. The average Bonchev–Trinajstić information content (AvgIpc) is 3.40. The van der Waals surface area contributed by atoms with Crippen LogP contribution in [0.3, 0.4) is 0 Å². The molecule has 12 heteroatoms. The molecule has 0 bridgehead atoms. The summed E-state index contributed by atoms with van der Waals surface area (Å²) < 4.78 is 53.0. The number of carbonyl (C=O) groups excluding carboxylic acids is 2. The topological polar surface area (TPSA) is 123 Å². The Morgan fingerprint density at radius 3 is 2.57 bits per heavy atom. The maximum Gasteiger partial charge on any atom is 0.406 e. The molecule has 5 rings (SSSR count). The second-order valence-electron chi connectivity index (χ2n) is 8.26. The molecule has 1 fully saturated rings. The molecule has 2 amide bonds. The van der Waals surface area contributed by atoms with Gasteiger partial charge in [-0.1, -0.05) is 30.3 Å². The van der Waals surface area contributed by atoms with Gasteiger partial charge in [0.25, 0.3) is 5.91 Å². The maximum absolute atomic E-state index is 14.0. The number of nitrogens with one attached hydrogen (secondary N) is 2. The number of carbonyl (C=O) groups is 2. The molecule has 2 aromatic carbocycles. The quantitative estimate of drug-likeness (QED) is 0.517. The molecular formula is C23H20F3N5O4. The molecule has 182 valence electrons. The Kier molecular flexibility index (Phi) is 5.20. The summed E-state index contributed by atoms with van der Waals surface area (Å²) in [6.45, 7) is 1.56. The fourth-order valence-corrected chi connectivity index (χ4v) is 4.55. The summed E-state index contributed by atoms with van der Waals surface area (Å²) in [6.07, 6.45) is -5.62. The van der Waals surface area contributed by atoms with Crippen LogP contribution in [0.2, 0.25) is 0 Å².